The predicted octanol–water partition coefficient (Wildman–Crippen LogP) is 0.685. The van der Waals surface area contributed by atoms with Crippen molar-refractivity contribution in [2.24, 2.45) is 4.99 Å². The SMILES string of the molecule is CSCCN=C=O. The van der Waals surface area contributed by atoms with E-state index in [-0.39, 0.29) is 0 Å². The zero-order valence-corrected chi connectivity index (χ0v) is 4.99. The van der Waals surface area contributed by atoms with Crippen molar-refractivity contribution in [2.45, 2.75) is 0 Å². The van der Waals surface area contributed by atoms with E-state index in [9.17, 15) is 4.79 Å². The molecule has 0 aromatic carbocycles. The molecule has 0 aromatic rings. The van der Waals surface area contributed by atoms with Gasteiger partial charge in [-0.2, -0.15) is 11.8 Å². The molecule has 0 fully saturated rings. The number of hydrogen-bond acceptors (Lipinski definition) is 3. The van der Waals surface area contributed by atoms with Gasteiger partial charge in [0.2, 0.25) is 6.08 Å². The van der Waals surface area contributed by atoms with Crippen LogP contribution >= 0.6 is 11.8 Å². The molecule has 0 amide bonds. The van der Waals surface area contributed by atoms with Crippen molar-refractivity contribution in [2.75, 3.05) is 18.6 Å². The van der Waals surface area contributed by atoms with Crippen LogP contribution in [0.2, 0.25) is 0 Å². The molecule has 3 heteroatoms. The van der Waals surface area contributed by atoms with Crippen LogP contribution in [0.4, 0.5) is 0 Å². The van der Waals surface area contributed by atoms with Crippen molar-refractivity contribution in [1.82, 2.24) is 0 Å². The van der Waals surface area contributed by atoms with Crippen LogP contribution in [-0.2, 0) is 4.79 Å². The Bertz CT molecular complexity index is 77.8. The third-order valence-corrected chi connectivity index (χ3v) is 1.06. The maximum absolute atomic E-state index is 9.38. The molecule has 0 aliphatic heterocycles. The Kier molecular flexibility index (Phi) is 5.51. The first kappa shape index (κ1) is 6.73. The van der Waals surface area contributed by atoms with Crippen LogP contribution in [0.5, 0.6) is 0 Å². The second-order valence-electron chi connectivity index (χ2n) is 0.966. The van der Waals surface area contributed by atoms with Gasteiger partial charge in [0, 0.05) is 5.75 Å². The summed E-state index contributed by atoms with van der Waals surface area (Å²) in [5.41, 5.74) is 0. The second kappa shape index (κ2) is 5.73. The Labute approximate surface area is 47.0 Å². The minimum Gasteiger partial charge on any atom is -0.211 e. The average Bonchev–Trinajstić information content (AvgIpc) is 1.69. The largest absolute Gasteiger partial charge is 0.234 e. The number of aliphatic imine (C=N–C) groups is 1. The lowest BCUT2D eigenvalue weighted by atomic mass is 10.8. The highest BCUT2D eigenvalue weighted by atomic mass is 32.2. The smallest absolute Gasteiger partial charge is 0.211 e. The number of isocyanates is 1. The van der Waals surface area contributed by atoms with Gasteiger partial charge in [0.1, 0.15) is 0 Å². The topological polar surface area (TPSA) is 29.4 Å². The molecule has 0 rings (SSSR count). The molecule has 0 aliphatic carbocycles. The van der Waals surface area contributed by atoms with Crippen molar-refractivity contribution in [3.8, 4) is 0 Å². The molecule has 0 bridgehead atoms. The first-order valence-electron chi connectivity index (χ1n) is 1.94. The summed E-state index contributed by atoms with van der Waals surface area (Å²) >= 11 is 1.67. The van der Waals surface area contributed by atoms with Gasteiger partial charge in [-0.1, -0.05) is 0 Å². The van der Waals surface area contributed by atoms with E-state index in [1.165, 1.54) is 6.08 Å². The van der Waals surface area contributed by atoms with Crippen molar-refractivity contribution in [3.05, 3.63) is 0 Å². The van der Waals surface area contributed by atoms with Crippen molar-refractivity contribution in [1.29, 1.82) is 0 Å². The molecule has 0 saturated carbocycles. The summed E-state index contributed by atoms with van der Waals surface area (Å²) in [6.45, 7) is 0.602. The Morgan fingerprint density at radius 3 is 3.00 bits per heavy atom. The van der Waals surface area contributed by atoms with Gasteiger partial charge in [-0.15, -0.1) is 0 Å². The highest BCUT2D eigenvalue weighted by Crippen LogP contribution is 1.87. The van der Waals surface area contributed by atoms with E-state index in [0.29, 0.717) is 6.54 Å². The molecule has 0 heterocycles. The minimum absolute atomic E-state index is 0.602. The summed E-state index contributed by atoms with van der Waals surface area (Å²) in [4.78, 5) is 12.7. The predicted molar refractivity (Wildman–Crippen MR) is 31.4 cm³/mol. The van der Waals surface area contributed by atoms with Crippen LogP contribution < -0.4 is 0 Å². The fourth-order valence-corrected chi connectivity index (χ4v) is 0.456. The van der Waals surface area contributed by atoms with Crippen molar-refractivity contribution in [3.63, 3.8) is 0 Å². The Morgan fingerprint density at radius 1 is 1.86 bits per heavy atom. The Balaban J connectivity index is 2.83. The number of nitrogens with zero attached hydrogens (tertiary/aromatic N) is 1. The van der Waals surface area contributed by atoms with Gasteiger partial charge in [-0.25, -0.2) is 9.79 Å². The van der Waals surface area contributed by atoms with Gasteiger partial charge >= 0.3 is 0 Å². The van der Waals surface area contributed by atoms with E-state index in [1.807, 2.05) is 6.26 Å². The summed E-state index contributed by atoms with van der Waals surface area (Å²) in [7, 11) is 0. The quantitative estimate of drug-likeness (QED) is 0.309. The van der Waals surface area contributed by atoms with Gasteiger partial charge in [0.05, 0.1) is 6.54 Å². The van der Waals surface area contributed by atoms with E-state index >= 15 is 0 Å². The monoisotopic (exact) mass is 117 g/mol. The summed E-state index contributed by atoms with van der Waals surface area (Å²) in [5, 5.41) is 0. The minimum atomic E-state index is 0.602. The number of rotatable bonds is 3. The maximum atomic E-state index is 9.38. The van der Waals surface area contributed by atoms with Crippen LogP contribution in [0.25, 0.3) is 0 Å². The number of hydrogen-bond donors (Lipinski definition) is 0. The normalized spacial score (nSPS) is 7.57. The van der Waals surface area contributed by atoms with Crippen LogP contribution in [0.15, 0.2) is 4.99 Å². The Hall–Kier alpha value is -0.270. The summed E-state index contributed by atoms with van der Waals surface area (Å²) in [6.07, 6.45) is 3.44. The van der Waals surface area contributed by atoms with E-state index in [4.69, 9.17) is 0 Å². The first-order chi connectivity index (χ1) is 3.41. The molecular formula is C4H7NOS. The van der Waals surface area contributed by atoms with E-state index in [1.54, 1.807) is 11.8 Å². The zero-order chi connectivity index (χ0) is 5.54. The molecule has 7 heavy (non-hydrogen) atoms. The van der Waals surface area contributed by atoms with Crippen LogP contribution in [0.3, 0.4) is 0 Å². The van der Waals surface area contributed by atoms with Gasteiger partial charge < -0.3 is 0 Å². The zero-order valence-electron chi connectivity index (χ0n) is 4.18. The van der Waals surface area contributed by atoms with Gasteiger partial charge in [0.25, 0.3) is 0 Å². The third-order valence-electron chi connectivity index (χ3n) is 0.472. The lowest BCUT2D eigenvalue weighted by Crippen LogP contribution is -1.80. The molecule has 0 radical (unpaired) electrons. The third kappa shape index (κ3) is 5.73. The van der Waals surface area contributed by atoms with Crippen LogP contribution in [0, 0.1) is 0 Å². The maximum Gasteiger partial charge on any atom is 0.234 e. The fraction of sp³-hybridized carbons (Fsp3) is 0.750. The second-order valence-corrected chi connectivity index (χ2v) is 1.95. The van der Waals surface area contributed by atoms with Crippen LogP contribution in [0.1, 0.15) is 0 Å². The molecule has 0 saturated heterocycles. The summed E-state index contributed by atoms with van der Waals surface area (Å²) < 4.78 is 0. The van der Waals surface area contributed by atoms with Gasteiger partial charge in [-0.05, 0) is 6.26 Å². The molecule has 0 aliphatic rings. The highest BCUT2D eigenvalue weighted by molar-refractivity contribution is 7.98. The number of carbonyl (C=O) groups excluding carboxylic acids is 1. The lowest BCUT2D eigenvalue weighted by molar-refractivity contribution is 0.563. The van der Waals surface area contributed by atoms with Crippen molar-refractivity contribution >= 4 is 17.8 Å². The average molecular weight is 117 g/mol. The molecule has 0 N–H and O–H groups in total. The molecular weight excluding hydrogens is 110 g/mol. The number of thioether (sulfide) groups is 1. The molecule has 0 aromatic heterocycles. The standard InChI is InChI=1S/C4H7NOS/c1-7-3-2-5-4-6/h2-3H2,1H3. The van der Waals surface area contributed by atoms with E-state index < -0.39 is 0 Å². The fourth-order valence-electron chi connectivity index (χ4n) is 0.183. The summed E-state index contributed by atoms with van der Waals surface area (Å²) in [5.74, 6) is 0.912. The Morgan fingerprint density at radius 2 is 2.57 bits per heavy atom. The van der Waals surface area contributed by atoms with E-state index in [2.05, 4.69) is 4.99 Å². The lowest BCUT2D eigenvalue weighted by Gasteiger charge is -1.81. The molecule has 2 nitrogen and oxygen atoms in total. The molecule has 0 unspecified atom stereocenters. The van der Waals surface area contributed by atoms with Gasteiger partial charge in [0.15, 0.2) is 0 Å². The van der Waals surface area contributed by atoms with Crippen molar-refractivity contribution < 1.29 is 4.79 Å². The van der Waals surface area contributed by atoms with E-state index in [0.717, 1.165) is 5.75 Å². The van der Waals surface area contributed by atoms with Gasteiger partial charge in [-0.3, -0.25) is 0 Å². The highest BCUT2D eigenvalue weighted by Gasteiger charge is 1.74. The van der Waals surface area contributed by atoms with Crippen LogP contribution in [-0.4, -0.2) is 24.6 Å². The molecule has 40 valence electrons. The molecule has 0 spiro atoms. The summed E-state index contributed by atoms with van der Waals surface area (Å²) in [6, 6.07) is 0. The first-order valence-corrected chi connectivity index (χ1v) is 3.33. The molecule has 0 atom stereocenters.